The zero-order valence-electron chi connectivity index (χ0n) is 17.5. The molecule has 12 heteroatoms. The fourth-order valence-corrected chi connectivity index (χ4v) is 3.09. The Bertz CT molecular complexity index is 1020. The molecule has 0 heterocycles. The van der Waals surface area contributed by atoms with Gasteiger partial charge in [-0.2, -0.15) is 0 Å². The molecular formula is C21H22N4O7S. The van der Waals surface area contributed by atoms with Gasteiger partial charge in [0.25, 0.3) is 5.69 Å². The maximum absolute atomic E-state index is 12.8. The standard InChI is InChI=1S/C21H22N4O7S/c1-32-20(29)17(11-13-5-3-2-4-6-13)23-19(28)16(12-18(26)27)24-21(33)22-14-7-9-15(10-8-14)25(30)31/h2-10,16-17H,11-12H2,1H3,(H,23,28)(H,26,27)(H2,22,24,33)/t16-,17-/m0/s1. The number of nitro groups is 1. The van der Waals surface area contributed by atoms with E-state index < -0.39 is 41.3 Å². The molecular weight excluding hydrogens is 452 g/mol. The Morgan fingerprint density at radius 3 is 2.24 bits per heavy atom. The Hall–Kier alpha value is -4.06. The van der Waals surface area contributed by atoms with Crippen molar-refractivity contribution in [2.24, 2.45) is 0 Å². The summed E-state index contributed by atoms with van der Waals surface area (Å²) < 4.78 is 4.76. The fourth-order valence-electron chi connectivity index (χ4n) is 2.83. The van der Waals surface area contributed by atoms with Gasteiger partial charge < -0.3 is 25.8 Å². The third kappa shape index (κ3) is 8.18. The van der Waals surface area contributed by atoms with Crippen LogP contribution in [-0.2, 0) is 25.5 Å². The summed E-state index contributed by atoms with van der Waals surface area (Å²) in [7, 11) is 1.18. The Morgan fingerprint density at radius 2 is 1.70 bits per heavy atom. The van der Waals surface area contributed by atoms with E-state index in [1.807, 2.05) is 0 Å². The summed E-state index contributed by atoms with van der Waals surface area (Å²) in [6.45, 7) is 0. The second-order valence-corrected chi connectivity index (χ2v) is 7.24. The highest BCUT2D eigenvalue weighted by Gasteiger charge is 2.28. The molecule has 0 fully saturated rings. The number of carbonyl (C=O) groups is 3. The molecule has 0 aliphatic carbocycles. The molecule has 0 saturated heterocycles. The lowest BCUT2D eigenvalue weighted by Gasteiger charge is -2.22. The molecule has 11 nitrogen and oxygen atoms in total. The molecule has 0 unspecified atom stereocenters. The van der Waals surface area contributed by atoms with Crippen LogP contribution < -0.4 is 16.0 Å². The highest BCUT2D eigenvalue weighted by Crippen LogP contribution is 2.15. The number of nitrogens with zero attached hydrogens (tertiary/aromatic N) is 1. The number of rotatable bonds is 10. The highest BCUT2D eigenvalue weighted by molar-refractivity contribution is 7.80. The largest absolute Gasteiger partial charge is 0.481 e. The van der Waals surface area contributed by atoms with Crippen molar-refractivity contribution in [2.45, 2.75) is 24.9 Å². The number of aliphatic carboxylic acids is 1. The molecule has 0 bridgehead atoms. The van der Waals surface area contributed by atoms with E-state index in [-0.39, 0.29) is 17.2 Å². The molecule has 0 aliphatic heterocycles. The molecule has 2 atom stereocenters. The molecule has 1 amide bonds. The van der Waals surface area contributed by atoms with Crippen molar-refractivity contribution in [3.05, 3.63) is 70.3 Å². The number of ether oxygens (including phenoxy) is 1. The summed E-state index contributed by atoms with van der Waals surface area (Å²) in [4.78, 5) is 46.4. The number of benzene rings is 2. The molecule has 0 aromatic heterocycles. The number of thiocarbonyl (C=S) groups is 1. The predicted molar refractivity (Wildman–Crippen MR) is 123 cm³/mol. The number of nitro benzene ring substituents is 1. The molecule has 33 heavy (non-hydrogen) atoms. The van der Waals surface area contributed by atoms with Gasteiger partial charge in [-0.15, -0.1) is 0 Å². The van der Waals surface area contributed by atoms with Crippen molar-refractivity contribution in [3.63, 3.8) is 0 Å². The first kappa shape index (κ1) is 25.2. The van der Waals surface area contributed by atoms with Crippen molar-refractivity contribution in [1.29, 1.82) is 0 Å². The van der Waals surface area contributed by atoms with Crippen LogP contribution in [0.2, 0.25) is 0 Å². The van der Waals surface area contributed by atoms with Crippen molar-refractivity contribution in [1.82, 2.24) is 10.6 Å². The van der Waals surface area contributed by atoms with E-state index in [0.29, 0.717) is 5.69 Å². The van der Waals surface area contributed by atoms with Gasteiger partial charge >= 0.3 is 11.9 Å². The van der Waals surface area contributed by atoms with E-state index in [1.54, 1.807) is 30.3 Å². The second-order valence-electron chi connectivity index (χ2n) is 6.83. The van der Waals surface area contributed by atoms with Crippen molar-refractivity contribution in [3.8, 4) is 0 Å². The Morgan fingerprint density at radius 1 is 1.06 bits per heavy atom. The van der Waals surface area contributed by atoms with Gasteiger partial charge in [-0.05, 0) is 29.9 Å². The number of carbonyl (C=O) groups excluding carboxylic acids is 2. The van der Waals surface area contributed by atoms with Crippen molar-refractivity contribution in [2.75, 3.05) is 12.4 Å². The lowest BCUT2D eigenvalue weighted by molar-refractivity contribution is -0.384. The second kappa shape index (κ2) is 12.1. The summed E-state index contributed by atoms with van der Waals surface area (Å²) in [6, 6.07) is 11.9. The SMILES string of the molecule is COC(=O)[C@H](Cc1ccccc1)NC(=O)[C@H](CC(=O)O)NC(=S)Nc1ccc([N+](=O)[O-])cc1. The average molecular weight is 474 g/mol. The maximum Gasteiger partial charge on any atom is 0.328 e. The van der Waals surface area contributed by atoms with Crippen LogP contribution in [0.5, 0.6) is 0 Å². The minimum Gasteiger partial charge on any atom is -0.481 e. The lowest BCUT2D eigenvalue weighted by Crippen LogP contribution is -2.53. The highest BCUT2D eigenvalue weighted by atomic mass is 32.1. The number of anilines is 1. The summed E-state index contributed by atoms with van der Waals surface area (Å²) in [5, 5.41) is 27.7. The number of nitrogens with one attached hydrogen (secondary N) is 3. The van der Waals surface area contributed by atoms with Gasteiger partial charge in [-0.1, -0.05) is 30.3 Å². The summed E-state index contributed by atoms with van der Waals surface area (Å²) in [5.74, 6) is -2.72. The molecule has 2 aromatic carbocycles. The van der Waals surface area contributed by atoms with Gasteiger partial charge in [0.15, 0.2) is 5.11 Å². The Kier molecular flexibility index (Phi) is 9.24. The smallest absolute Gasteiger partial charge is 0.328 e. The van der Waals surface area contributed by atoms with E-state index in [9.17, 15) is 29.6 Å². The number of amides is 1. The van der Waals surface area contributed by atoms with Crippen LogP contribution in [0.15, 0.2) is 54.6 Å². The van der Waals surface area contributed by atoms with Crippen LogP contribution in [0, 0.1) is 10.1 Å². The number of hydrogen-bond donors (Lipinski definition) is 4. The number of esters is 1. The normalized spacial score (nSPS) is 12.0. The van der Waals surface area contributed by atoms with Crippen LogP contribution in [0.3, 0.4) is 0 Å². The number of non-ortho nitro benzene ring substituents is 1. The Labute approximate surface area is 194 Å². The molecule has 0 aliphatic rings. The third-order valence-electron chi connectivity index (χ3n) is 4.42. The van der Waals surface area contributed by atoms with Crippen LogP contribution in [0.25, 0.3) is 0 Å². The molecule has 2 rings (SSSR count). The first-order chi connectivity index (χ1) is 15.7. The predicted octanol–water partition coefficient (Wildman–Crippen LogP) is 1.62. The molecule has 174 valence electrons. The van der Waals surface area contributed by atoms with E-state index in [4.69, 9.17) is 17.0 Å². The quantitative estimate of drug-likeness (QED) is 0.172. The summed E-state index contributed by atoms with van der Waals surface area (Å²) in [5.41, 5.74) is 1.05. The van der Waals surface area contributed by atoms with Crippen LogP contribution in [-0.4, -0.2) is 52.2 Å². The molecule has 4 N–H and O–H groups in total. The zero-order chi connectivity index (χ0) is 24.4. The monoisotopic (exact) mass is 474 g/mol. The van der Waals surface area contributed by atoms with Gasteiger partial charge in [-0.3, -0.25) is 19.7 Å². The minimum atomic E-state index is -1.30. The van der Waals surface area contributed by atoms with E-state index in [2.05, 4.69) is 16.0 Å². The van der Waals surface area contributed by atoms with Crippen molar-refractivity contribution >= 4 is 46.6 Å². The Balaban J connectivity index is 2.08. The number of methoxy groups -OCH3 is 1. The van der Waals surface area contributed by atoms with Crippen LogP contribution >= 0.6 is 12.2 Å². The van der Waals surface area contributed by atoms with Gasteiger partial charge in [0.2, 0.25) is 5.91 Å². The number of carboxylic acid groups (broad SMARTS) is 1. The number of hydrogen-bond acceptors (Lipinski definition) is 7. The first-order valence-electron chi connectivity index (χ1n) is 9.65. The van der Waals surface area contributed by atoms with E-state index >= 15 is 0 Å². The molecule has 0 saturated carbocycles. The van der Waals surface area contributed by atoms with Gasteiger partial charge in [0.1, 0.15) is 12.1 Å². The van der Waals surface area contributed by atoms with Crippen LogP contribution in [0.4, 0.5) is 11.4 Å². The van der Waals surface area contributed by atoms with Gasteiger partial charge in [0, 0.05) is 24.2 Å². The van der Waals surface area contributed by atoms with Crippen LogP contribution in [0.1, 0.15) is 12.0 Å². The summed E-state index contributed by atoms with van der Waals surface area (Å²) >= 11 is 5.14. The van der Waals surface area contributed by atoms with Gasteiger partial charge in [0.05, 0.1) is 18.5 Å². The van der Waals surface area contributed by atoms with Crippen molar-refractivity contribution < 1.29 is 29.2 Å². The maximum atomic E-state index is 12.8. The third-order valence-corrected chi connectivity index (χ3v) is 4.64. The number of carboxylic acids is 1. The zero-order valence-corrected chi connectivity index (χ0v) is 18.3. The summed E-state index contributed by atoms with van der Waals surface area (Å²) in [6.07, 6.45) is -0.475. The van der Waals surface area contributed by atoms with E-state index in [1.165, 1.54) is 31.4 Å². The molecule has 0 radical (unpaired) electrons. The topological polar surface area (TPSA) is 160 Å². The molecule has 0 spiro atoms. The fraction of sp³-hybridized carbons (Fsp3) is 0.238. The molecule has 2 aromatic rings. The van der Waals surface area contributed by atoms with E-state index in [0.717, 1.165) is 5.56 Å². The van der Waals surface area contributed by atoms with Gasteiger partial charge in [-0.25, -0.2) is 4.79 Å². The first-order valence-corrected chi connectivity index (χ1v) is 10.1. The lowest BCUT2D eigenvalue weighted by atomic mass is 10.1. The average Bonchev–Trinajstić information content (AvgIpc) is 2.78. The minimum absolute atomic E-state index is 0.0806.